The number of benzene rings is 3. The quantitative estimate of drug-likeness (QED) is 0.157. The number of aliphatic imine (C=N–C) groups is 1. The van der Waals surface area contributed by atoms with Crippen molar-refractivity contribution in [3.8, 4) is 0 Å². The lowest BCUT2D eigenvalue weighted by Gasteiger charge is -2.16. The summed E-state index contributed by atoms with van der Waals surface area (Å²) in [5, 5.41) is 10.8. The molecule has 0 aliphatic rings. The molecular weight excluding hydrogens is 417 g/mol. The lowest BCUT2D eigenvalue weighted by molar-refractivity contribution is 0.166. The summed E-state index contributed by atoms with van der Waals surface area (Å²) in [6.45, 7) is 7.89. The van der Waals surface area contributed by atoms with Gasteiger partial charge in [-0.2, -0.15) is 0 Å². The van der Waals surface area contributed by atoms with E-state index in [0.717, 1.165) is 23.4 Å². The van der Waals surface area contributed by atoms with Crippen LogP contribution in [0.5, 0.6) is 0 Å². The second-order valence-corrected chi connectivity index (χ2v) is 14.4. The first-order valence-electron chi connectivity index (χ1n) is 10.7. The zero-order valence-corrected chi connectivity index (χ0v) is 19.9. The molecule has 0 aliphatic heterocycles. The smallest absolute Gasteiger partial charge is 0.149 e. The summed E-state index contributed by atoms with van der Waals surface area (Å²) in [7, 11) is -1.16. The average Bonchev–Trinajstić information content (AvgIpc) is 2.79. The highest BCUT2D eigenvalue weighted by atomic mass is 28.3. The Kier molecular flexibility index (Phi) is 8.08. The number of hydrogen-bond donors (Lipinski definition) is 2. The number of nitrogens with one attached hydrogen (secondary N) is 2. The van der Waals surface area contributed by atoms with Crippen LogP contribution in [0, 0.1) is 11.2 Å². The summed E-state index contributed by atoms with van der Waals surface area (Å²) < 4.78 is 20.6. The van der Waals surface area contributed by atoms with Gasteiger partial charge in [0.25, 0.3) is 0 Å². The van der Waals surface area contributed by atoms with Crippen LogP contribution in [0.4, 0.5) is 15.8 Å². The van der Waals surface area contributed by atoms with Crippen molar-refractivity contribution >= 4 is 31.4 Å². The van der Waals surface area contributed by atoms with Crippen LogP contribution in [0.1, 0.15) is 16.7 Å². The monoisotopic (exact) mass is 447 g/mol. The van der Waals surface area contributed by atoms with Gasteiger partial charge in [0.1, 0.15) is 18.2 Å². The highest BCUT2D eigenvalue weighted by Gasteiger charge is 2.14. The van der Waals surface area contributed by atoms with Gasteiger partial charge < -0.3 is 15.5 Å². The Labute approximate surface area is 190 Å². The first kappa shape index (κ1) is 23.6. The van der Waals surface area contributed by atoms with Crippen LogP contribution >= 0.6 is 0 Å². The van der Waals surface area contributed by atoms with Crippen molar-refractivity contribution in [3.05, 3.63) is 95.3 Å². The predicted octanol–water partition coefficient (Wildman–Crippen LogP) is 6.72. The second-order valence-electron chi connectivity index (χ2n) is 8.77. The van der Waals surface area contributed by atoms with Gasteiger partial charge in [0, 0.05) is 43.3 Å². The van der Waals surface area contributed by atoms with E-state index in [1.165, 1.54) is 6.07 Å². The third-order valence-electron chi connectivity index (χ3n) is 4.96. The Morgan fingerprint density at radius 2 is 1.59 bits per heavy atom. The molecule has 0 saturated heterocycles. The third kappa shape index (κ3) is 6.70. The summed E-state index contributed by atoms with van der Waals surface area (Å²) >= 11 is 0. The Hall–Kier alpha value is -3.09. The molecule has 0 saturated carbocycles. The van der Waals surface area contributed by atoms with Crippen molar-refractivity contribution in [1.29, 1.82) is 5.41 Å². The van der Waals surface area contributed by atoms with Crippen LogP contribution in [0.2, 0.25) is 25.7 Å². The van der Waals surface area contributed by atoms with Gasteiger partial charge in [-0.05, 0) is 18.2 Å². The minimum atomic E-state index is -1.16. The van der Waals surface area contributed by atoms with Crippen molar-refractivity contribution in [2.24, 2.45) is 4.99 Å². The van der Waals surface area contributed by atoms with Gasteiger partial charge in [0.15, 0.2) is 0 Å². The van der Waals surface area contributed by atoms with Gasteiger partial charge in [-0.1, -0.05) is 80.3 Å². The average molecular weight is 448 g/mol. The fourth-order valence-electron chi connectivity index (χ4n) is 3.12. The maximum atomic E-state index is 14.9. The summed E-state index contributed by atoms with van der Waals surface area (Å²) in [5.41, 5.74) is 3.77. The minimum Gasteiger partial charge on any atom is -0.362 e. The van der Waals surface area contributed by atoms with Crippen LogP contribution in [0.25, 0.3) is 0 Å². The van der Waals surface area contributed by atoms with Crippen LogP contribution < -0.4 is 5.32 Å². The molecule has 0 fully saturated rings. The van der Waals surface area contributed by atoms with Crippen LogP contribution in [-0.2, 0) is 4.74 Å². The summed E-state index contributed by atoms with van der Waals surface area (Å²) in [4.78, 5) is 4.70. The molecule has 0 radical (unpaired) electrons. The molecule has 3 aromatic carbocycles. The minimum absolute atomic E-state index is 0.211. The van der Waals surface area contributed by atoms with E-state index in [0.29, 0.717) is 30.3 Å². The molecule has 4 nitrogen and oxygen atoms in total. The molecule has 0 spiro atoms. The number of halogens is 1. The maximum absolute atomic E-state index is 14.9. The first-order valence-corrected chi connectivity index (χ1v) is 14.4. The molecule has 6 heteroatoms. The third-order valence-corrected chi connectivity index (χ3v) is 6.67. The van der Waals surface area contributed by atoms with E-state index in [1.54, 1.807) is 6.07 Å². The predicted molar refractivity (Wildman–Crippen MR) is 135 cm³/mol. The number of rotatable bonds is 10. The van der Waals surface area contributed by atoms with Crippen molar-refractivity contribution in [2.45, 2.75) is 25.7 Å². The van der Waals surface area contributed by atoms with Gasteiger partial charge in [-0.25, -0.2) is 9.38 Å². The van der Waals surface area contributed by atoms with E-state index in [1.807, 2.05) is 60.7 Å². The fraction of sp³-hybridized carbons (Fsp3) is 0.231. The van der Waals surface area contributed by atoms with Crippen molar-refractivity contribution < 1.29 is 9.13 Å². The number of anilines is 1. The number of nitrogens with zero attached hydrogens (tertiary/aromatic N) is 1. The Balaban J connectivity index is 1.91. The second kappa shape index (κ2) is 11.0. The molecule has 0 bridgehead atoms. The molecular formula is C26H30FN3OSi. The zero-order chi connectivity index (χ0) is 23.0. The lowest BCUT2D eigenvalue weighted by atomic mass is 10.0. The largest absolute Gasteiger partial charge is 0.362 e. The summed E-state index contributed by atoms with van der Waals surface area (Å²) in [6, 6.07) is 23.5. The molecule has 0 aromatic heterocycles. The first-order chi connectivity index (χ1) is 15.4. The summed E-state index contributed by atoms with van der Waals surface area (Å²) in [6.07, 6.45) is 1.14. The summed E-state index contributed by atoms with van der Waals surface area (Å²) in [5.74, 6) is -0.474. The molecule has 0 unspecified atom stereocenters. The topological polar surface area (TPSA) is 57.5 Å². The highest BCUT2D eigenvalue weighted by Crippen LogP contribution is 2.28. The number of hydrogen-bond acceptors (Lipinski definition) is 4. The Morgan fingerprint density at radius 3 is 2.12 bits per heavy atom. The van der Waals surface area contributed by atoms with E-state index in [4.69, 9.17) is 15.1 Å². The van der Waals surface area contributed by atoms with Crippen molar-refractivity contribution in [3.63, 3.8) is 0 Å². The Morgan fingerprint density at radius 1 is 1.00 bits per heavy atom. The van der Waals surface area contributed by atoms with Crippen LogP contribution in [-0.4, -0.2) is 33.3 Å². The molecule has 0 heterocycles. The van der Waals surface area contributed by atoms with Crippen LogP contribution in [0.3, 0.4) is 0 Å². The zero-order valence-electron chi connectivity index (χ0n) is 18.9. The highest BCUT2D eigenvalue weighted by molar-refractivity contribution is 6.76. The number of ether oxygens (including phenoxy) is 1. The van der Waals surface area contributed by atoms with E-state index < -0.39 is 13.9 Å². The molecule has 3 aromatic rings. The van der Waals surface area contributed by atoms with Crippen LogP contribution in [0.15, 0.2) is 77.8 Å². The van der Waals surface area contributed by atoms with Gasteiger partial charge in [0.2, 0.25) is 0 Å². The molecule has 0 amide bonds. The van der Waals surface area contributed by atoms with Crippen molar-refractivity contribution in [2.75, 3.05) is 18.7 Å². The van der Waals surface area contributed by atoms with Gasteiger partial charge >= 0.3 is 0 Å². The van der Waals surface area contributed by atoms with Gasteiger partial charge in [-0.3, -0.25) is 0 Å². The molecule has 0 aliphatic carbocycles. The lowest BCUT2D eigenvalue weighted by Crippen LogP contribution is -2.22. The molecule has 166 valence electrons. The van der Waals surface area contributed by atoms with Gasteiger partial charge in [0.05, 0.1) is 5.71 Å². The normalized spacial score (nSPS) is 11.1. The van der Waals surface area contributed by atoms with E-state index in [-0.39, 0.29) is 5.69 Å². The molecule has 3 rings (SSSR count). The van der Waals surface area contributed by atoms with E-state index in [9.17, 15) is 4.39 Å². The van der Waals surface area contributed by atoms with E-state index in [2.05, 4.69) is 25.0 Å². The fourth-order valence-corrected chi connectivity index (χ4v) is 3.88. The SMILES string of the molecule is C[Si](C)(C)CCOCNc1cc(N=C(c2ccccc2)c2ccccc2)c(F)cc1C=N. The molecule has 2 N–H and O–H groups in total. The standard InChI is InChI=1S/C26H30FN3OSi/c1-32(2,3)15-14-31-19-29-24-17-25(23(27)16-22(24)18-28)30-26(20-10-6-4-7-11-20)21-12-8-5-9-13-21/h4-13,16-18,28-29H,14-15,19H2,1-3H3. The maximum Gasteiger partial charge on any atom is 0.149 e. The Bertz CT molecular complexity index is 1020. The van der Waals surface area contributed by atoms with E-state index >= 15 is 0 Å². The van der Waals surface area contributed by atoms with Gasteiger partial charge in [-0.15, -0.1) is 0 Å². The van der Waals surface area contributed by atoms with Crippen molar-refractivity contribution in [1.82, 2.24) is 0 Å². The molecule has 32 heavy (non-hydrogen) atoms. The molecule has 0 atom stereocenters.